The van der Waals surface area contributed by atoms with Gasteiger partial charge in [-0.2, -0.15) is 0 Å². The van der Waals surface area contributed by atoms with Crippen molar-refractivity contribution < 1.29 is 4.74 Å². The number of hydrogen-bond donors (Lipinski definition) is 1. The molecule has 0 aromatic carbocycles. The molecule has 0 radical (unpaired) electrons. The Kier molecular flexibility index (Phi) is 5.34. The van der Waals surface area contributed by atoms with Crippen LogP contribution in [0.1, 0.15) is 44.5 Å². The molecule has 1 fully saturated rings. The minimum absolute atomic E-state index is 0.310. The van der Waals surface area contributed by atoms with Gasteiger partial charge in [-0.05, 0) is 38.1 Å². The van der Waals surface area contributed by atoms with Crippen LogP contribution in [-0.2, 0) is 24.1 Å². The second-order valence-corrected chi connectivity index (χ2v) is 5.77. The van der Waals surface area contributed by atoms with Gasteiger partial charge in [0, 0.05) is 13.0 Å². The topological polar surface area (TPSA) is 66.0 Å². The smallest absolute Gasteiger partial charge is 0.0871 e. The molecule has 1 aliphatic heterocycles. The van der Waals surface area contributed by atoms with Crippen molar-refractivity contribution in [3.8, 4) is 0 Å². The summed E-state index contributed by atoms with van der Waals surface area (Å²) in [6, 6.07) is 0. The first-order chi connectivity index (χ1) is 9.20. The van der Waals surface area contributed by atoms with Crippen molar-refractivity contribution in [3.63, 3.8) is 0 Å². The summed E-state index contributed by atoms with van der Waals surface area (Å²) in [5.41, 5.74) is 7.99. The monoisotopic (exact) mass is 266 g/mol. The molecule has 108 valence electrons. The molecule has 5 heteroatoms. The standard InChI is InChI=1S/C14H26N4O/c1-11(2)5-6-14-13(7-8-15)16-17-18(14)10-12-4-3-9-19-12/h11-12H,3-10,15H2,1-2H3. The van der Waals surface area contributed by atoms with Gasteiger partial charge in [0.1, 0.15) is 0 Å². The summed E-state index contributed by atoms with van der Waals surface area (Å²) in [5, 5.41) is 8.61. The predicted octanol–water partition coefficient (Wildman–Crippen LogP) is 1.55. The number of ether oxygens (including phenoxy) is 1. The van der Waals surface area contributed by atoms with Crippen molar-refractivity contribution in [2.75, 3.05) is 13.2 Å². The van der Waals surface area contributed by atoms with Gasteiger partial charge in [0.2, 0.25) is 0 Å². The summed E-state index contributed by atoms with van der Waals surface area (Å²) in [5.74, 6) is 0.691. The van der Waals surface area contributed by atoms with Crippen LogP contribution in [0, 0.1) is 5.92 Å². The van der Waals surface area contributed by atoms with Gasteiger partial charge < -0.3 is 10.5 Å². The fraction of sp³-hybridized carbons (Fsp3) is 0.857. The lowest BCUT2D eigenvalue weighted by Gasteiger charge is -2.13. The number of nitrogens with two attached hydrogens (primary N) is 1. The van der Waals surface area contributed by atoms with Crippen LogP contribution in [0.15, 0.2) is 0 Å². The molecule has 1 aromatic rings. The first-order valence-corrected chi connectivity index (χ1v) is 7.43. The molecule has 0 aliphatic carbocycles. The van der Waals surface area contributed by atoms with Crippen molar-refractivity contribution in [2.45, 2.75) is 58.6 Å². The van der Waals surface area contributed by atoms with Gasteiger partial charge in [-0.25, -0.2) is 4.68 Å². The van der Waals surface area contributed by atoms with Crippen LogP contribution in [0.5, 0.6) is 0 Å². The zero-order valence-electron chi connectivity index (χ0n) is 12.1. The number of rotatable bonds is 7. The third kappa shape index (κ3) is 4.01. The Morgan fingerprint density at radius 2 is 2.26 bits per heavy atom. The summed E-state index contributed by atoms with van der Waals surface area (Å²) < 4.78 is 7.74. The van der Waals surface area contributed by atoms with Crippen LogP contribution in [0.3, 0.4) is 0 Å². The second-order valence-electron chi connectivity index (χ2n) is 5.77. The molecule has 2 heterocycles. The van der Waals surface area contributed by atoms with Gasteiger partial charge in [0.15, 0.2) is 0 Å². The normalized spacial score (nSPS) is 19.5. The van der Waals surface area contributed by atoms with Crippen molar-refractivity contribution in [2.24, 2.45) is 11.7 Å². The summed E-state index contributed by atoms with van der Waals surface area (Å²) in [6.07, 6.45) is 5.62. The third-order valence-corrected chi connectivity index (χ3v) is 3.66. The van der Waals surface area contributed by atoms with Gasteiger partial charge >= 0.3 is 0 Å². The average Bonchev–Trinajstić information content (AvgIpc) is 2.99. The van der Waals surface area contributed by atoms with Gasteiger partial charge in [-0.1, -0.05) is 19.1 Å². The van der Waals surface area contributed by atoms with E-state index in [2.05, 4.69) is 24.2 Å². The quantitative estimate of drug-likeness (QED) is 0.813. The van der Waals surface area contributed by atoms with Gasteiger partial charge in [0.05, 0.1) is 24.0 Å². The van der Waals surface area contributed by atoms with Crippen LogP contribution >= 0.6 is 0 Å². The molecular formula is C14H26N4O. The Morgan fingerprint density at radius 3 is 2.89 bits per heavy atom. The van der Waals surface area contributed by atoms with E-state index in [4.69, 9.17) is 10.5 Å². The van der Waals surface area contributed by atoms with E-state index in [0.29, 0.717) is 18.6 Å². The molecule has 1 unspecified atom stereocenters. The Bertz CT molecular complexity index is 383. The second kappa shape index (κ2) is 7.01. The molecule has 0 amide bonds. The molecule has 0 spiro atoms. The maximum Gasteiger partial charge on any atom is 0.0871 e. The van der Waals surface area contributed by atoms with Crippen molar-refractivity contribution in [1.82, 2.24) is 15.0 Å². The first kappa shape index (κ1) is 14.5. The molecule has 2 N–H and O–H groups in total. The molecule has 1 aliphatic rings. The van der Waals surface area contributed by atoms with E-state index in [1.807, 2.05) is 4.68 Å². The summed E-state index contributed by atoms with van der Waals surface area (Å²) in [4.78, 5) is 0. The minimum Gasteiger partial charge on any atom is -0.376 e. The van der Waals surface area contributed by atoms with E-state index >= 15 is 0 Å². The molecule has 2 rings (SSSR count). The maximum absolute atomic E-state index is 5.69. The Balaban J connectivity index is 2.06. The zero-order valence-corrected chi connectivity index (χ0v) is 12.1. The lowest BCUT2D eigenvalue weighted by molar-refractivity contribution is 0.0926. The molecule has 5 nitrogen and oxygen atoms in total. The van der Waals surface area contributed by atoms with Crippen molar-refractivity contribution in [3.05, 3.63) is 11.4 Å². The van der Waals surface area contributed by atoms with Crippen molar-refractivity contribution >= 4 is 0 Å². The van der Waals surface area contributed by atoms with Crippen LogP contribution in [0.25, 0.3) is 0 Å². The van der Waals surface area contributed by atoms with Crippen LogP contribution < -0.4 is 5.73 Å². The highest BCUT2D eigenvalue weighted by atomic mass is 16.5. The molecule has 1 aromatic heterocycles. The van der Waals surface area contributed by atoms with Gasteiger partial charge in [-0.15, -0.1) is 5.10 Å². The highest BCUT2D eigenvalue weighted by Gasteiger charge is 2.20. The molecule has 19 heavy (non-hydrogen) atoms. The maximum atomic E-state index is 5.69. The van der Waals surface area contributed by atoms with E-state index in [-0.39, 0.29) is 0 Å². The van der Waals surface area contributed by atoms with Crippen LogP contribution in [-0.4, -0.2) is 34.2 Å². The van der Waals surface area contributed by atoms with E-state index < -0.39 is 0 Å². The van der Waals surface area contributed by atoms with E-state index in [1.54, 1.807) is 0 Å². The fourth-order valence-electron chi connectivity index (χ4n) is 2.53. The van der Waals surface area contributed by atoms with Crippen molar-refractivity contribution in [1.29, 1.82) is 0 Å². The SMILES string of the molecule is CC(C)CCc1c(CCN)nnn1CC1CCCO1. The first-order valence-electron chi connectivity index (χ1n) is 7.43. The van der Waals surface area contributed by atoms with Gasteiger partial charge in [0.25, 0.3) is 0 Å². The van der Waals surface area contributed by atoms with E-state index in [1.165, 1.54) is 5.69 Å². The lowest BCUT2D eigenvalue weighted by atomic mass is 10.0. The summed E-state index contributed by atoms with van der Waals surface area (Å²) in [7, 11) is 0. The highest BCUT2D eigenvalue weighted by molar-refractivity contribution is 5.11. The molecule has 1 atom stereocenters. The fourth-order valence-corrected chi connectivity index (χ4v) is 2.53. The largest absolute Gasteiger partial charge is 0.376 e. The summed E-state index contributed by atoms with van der Waals surface area (Å²) >= 11 is 0. The molecule has 1 saturated heterocycles. The van der Waals surface area contributed by atoms with E-state index in [0.717, 1.165) is 50.9 Å². The number of aromatic nitrogens is 3. The molecule has 0 bridgehead atoms. The van der Waals surface area contributed by atoms with E-state index in [9.17, 15) is 0 Å². The Labute approximate surface area is 115 Å². The predicted molar refractivity (Wildman–Crippen MR) is 74.9 cm³/mol. The molecule has 0 saturated carbocycles. The van der Waals surface area contributed by atoms with Crippen LogP contribution in [0.2, 0.25) is 0 Å². The number of hydrogen-bond acceptors (Lipinski definition) is 4. The Hall–Kier alpha value is -0.940. The Morgan fingerprint density at radius 1 is 1.42 bits per heavy atom. The third-order valence-electron chi connectivity index (χ3n) is 3.66. The highest BCUT2D eigenvalue weighted by Crippen LogP contribution is 2.17. The van der Waals surface area contributed by atoms with Gasteiger partial charge in [-0.3, -0.25) is 0 Å². The zero-order chi connectivity index (χ0) is 13.7. The lowest BCUT2D eigenvalue weighted by Crippen LogP contribution is -2.19. The van der Waals surface area contributed by atoms with Crippen LogP contribution in [0.4, 0.5) is 0 Å². The summed E-state index contributed by atoms with van der Waals surface area (Å²) in [6.45, 7) is 6.85. The minimum atomic E-state index is 0.310. The number of nitrogens with zero attached hydrogens (tertiary/aromatic N) is 3. The average molecular weight is 266 g/mol. The molecular weight excluding hydrogens is 240 g/mol.